The Morgan fingerprint density at radius 1 is 0.943 bits per heavy atom. The molecule has 0 unspecified atom stereocenters. The van der Waals surface area contributed by atoms with Crippen molar-refractivity contribution in [2.75, 3.05) is 33.3 Å². The van der Waals surface area contributed by atoms with Crippen molar-refractivity contribution >= 4 is 5.97 Å². The molecule has 2 aromatic rings. The smallest absolute Gasteiger partial charge is 0.419 e. The van der Waals surface area contributed by atoms with Gasteiger partial charge in [-0.2, -0.15) is 13.2 Å². The summed E-state index contributed by atoms with van der Waals surface area (Å²) in [5.74, 6) is -0.579. The van der Waals surface area contributed by atoms with Crippen LogP contribution in [0.5, 0.6) is 11.5 Å². The maximum absolute atomic E-state index is 13.1. The van der Waals surface area contributed by atoms with Crippen LogP contribution in [0.3, 0.4) is 0 Å². The predicted molar refractivity (Wildman–Crippen MR) is 127 cm³/mol. The molecule has 0 bridgehead atoms. The Morgan fingerprint density at radius 2 is 1.46 bits per heavy atom. The van der Waals surface area contributed by atoms with Gasteiger partial charge in [0, 0.05) is 39.3 Å². The van der Waals surface area contributed by atoms with Crippen molar-refractivity contribution < 1.29 is 32.5 Å². The number of hydrogen-bond donors (Lipinski definition) is 1. The lowest BCUT2D eigenvalue weighted by molar-refractivity contribution is -0.152. The van der Waals surface area contributed by atoms with Crippen molar-refractivity contribution in [3.63, 3.8) is 0 Å². The Kier molecular flexibility index (Phi) is 8.01. The number of aliphatic carboxylic acids is 1. The first-order valence-electron chi connectivity index (χ1n) is 11.5. The van der Waals surface area contributed by atoms with E-state index in [1.54, 1.807) is 0 Å². The van der Waals surface area contributed by atoms with Crippen LogP contribution in [-0.4, -0.2) is 59.8 Å². The highest BCUT2D eigenvalue weighted by Gasteiger charge is 2.34. The minimum absolute atomic E-state index is 0.154. The largest absolute Gasteiger partial charge is 0.496 e. The molecule has 192 valence electrons. The van der Waals surface area contributed by atoms with Crippen molar-refractivity contribution in [2.24, 2.45) is 0 Å². The highest BCUT2D eigenvalue weighted by atomic mass is 19.4. The van der Waals surface area contributed by atoms with Crippen molar-refractivity contribution in [3.8, 4) is 11.5 Å². The molecular formula is C26H33F3N2O4. The summed E-state index contributed by atoms with van der Waals surface area (Å²) in [5, 5.41) is 9.35. The van der Waals surface area contributed by atoms with Gasteiger partial charge in [-0.25, -0.2) is 4.79 Å². The maximum atomic E-state index is 13.1. The maximum Gasteiger partial charge on any atom is 0.419 e. The van der Waals surface area contributed by atoms with Crippen LogP contribution in [0.4, 0.5) is 13.2 Å². The van der Waals surface area contributed by atoms with E-state index in [1.807, 2.05) is 26.0 Å². The second-order valence-corrected chi connectivity index (χ2v) is 9.56. The molecule has 0 saturated carbocycles. The summed E-state index contributed by atoms with van der Waals surface area (Å²) in [6, 6.07) is 8.12. The second kappa shape index (κ2) is 10.5. The highest BCUT2D eigenvalue weighted by Crippen LogP contribution is 2.37. The topological polar surface area (TPSA) is 62.2 Å². The molecule has 0 amide bonds. The lowest BCUT2D eigenvalue weighted by Crippen LogP contribution is -2.45. The molecule has 35 heavy (non-hydrogen) atoms. The van der Waals surface area contributed by atoms with E-state index < -0.39 is 23.3 Å². The van der Waals surface area contributed by atoms with Crippen molar-refractivity contribution in [1.82, 2.24) is 9.80 Å². The van der Waals surface area contributed by atoms with Gasteiger partial charge in [-0.05, 0) is 62.1 Å². The number of hydrogen-bond acceptors (Lipinski definition) is 5. The van der Waals surface area contributed by atoms with Crippen molar-refractivity contribution in [2.45, 2.75) is 52.6 Å². The van der Waals surface area contributed by atoms with Crippen LogP contribution < -0.4 is 9.47 Å². The zero-order chi connectivity index (χ0) is 26.0. The fourth-order valence-electron chi connectivity index (χ4n) is 4.28. The molecule has 1 aliphatic rings. The normalized spacial score (nSPS) is 15.8. The van der Waals surface area contributed by atoms with Crippen molar-refractivity contribution in [1.29, 1.82) is 0 Å². The van der Waals surface area contributed by atoms with Gasteiger partial charge in [-0.3, -0.25) is 9.80 Å². The highest BCUT2D eigenvalue weighted by molar-refractivity contribution is 5.77. The van der Waals surface area contributed by atoms with Gasteiger partial charge >= 0.3 is 12.1 Å². The van der Waals surface area contributed by atoms with Crippen LogP contribution in [0.25, 0.3) is 0 Å². The van der Waals surface area contributed by atoms with Crippen LogP contribution in [0.15, 0.2) is 30.3 Å². The molecule has 6 nitrogen and oxygen atoms in total. The molecule has 9 heteroatoms. The third kappa shape index (κ3) is 6.67. The number of carboxylic acid groups (broad SMARTS) is 1. The predicted octanol–water partition coefficient (Wildman–Crippen LogP) is 4.89. The Labute approximate surface area is 204 Å². The standard InChI is InChI=1S/C26H33F3N2O4/c1-17-12-20(13-18(2)23(17)35-25(3,4)24(32)33)16-31-10-8-30(9-11-31)15-19-6-7-21(26(27,28)29)22(14-19)34-5/h6-7,12-14H,8-11,15-16H2,1-5H3,(H,32,33). The third-order valence-electron chi connectivity index (χ3n) is 6.24. The molecule has 3 rings (SSSR count). The van der Waals surface area contributed by atoms with E-state index in [1.165, 1.54) is 33.1 Å². The zero-order valence-corrected chi connectivity index (χ0v) is 20.8. The van der Waals surface area contributed by atoms with E-state index in [4.69, 9.17) is 9.47 Å². The Hall–Kier alpha value is -2.78. The fraction of sp³-hybridized carbons (Fsp3) is 0.500. The van der Waals surface area contributed by atoms with E-state index in [9.17, 15) is 23.1 Å². The number of carboxylic acids is 1. The Bertz CT molecular complexity index is 1040. The van der Waals surface area contributed by atoms with E-state index in [0.29, 0.717) is 12.3 Å². The van der Waals surface area contributed by atoms with Gasteiger partial charge < -0.3 is 14.6 Å². The molecule has 1 aliphatic heterocycles. The van der Waals surface area contributed by atoms with Crippen LogP contribution in [-0.2, 0) is 24.1 Å². The quantitative estimate of drug-likeness (QED) is 0.564. The first-order chi connectivity index (χ1) is 16.3. The lowest BCUT2D eigenvalue weighted by Gasteiger charge is -2.35. The number of carbonyl (C=O) groups is 1. The summed E-state index contributed by atoms with van der Waals surface area (Å²) < 4.78 is 50.1. The molecule has 2 aromatic carbocycles. The molecule has 0 spiro atoms. The molecule has 1 saturated heterocycles. The first-order valence-corrected chi connectivity index (χ1v) is 11.5. The summed E-state index contributed by atoms with van der Waals surface area (Å²) in [5.41, 5.74) is 1.62. The van der Waals surface area contributed by atoms with Crippen LogP contribution >= 0.6 is 0 Å². The second-order valence-electron chi connectivity index (χ2n) is 9.56. The van der Waals surface area contributed by atoms with Gasteiger partial charge in [-0.15, -0.1) is 0 Å². The van der Waals surface area contributed by atoms with Gasteiger partial charge in [0.1, 0.15) is 11.5 Å². The van der Waals surface area contributed by atoms with Crippen LogP contribution in [0.1, 0.15) is 41.7 Å². The summed E-state index contributed by atoms with van der Waals surface area (Å²) in [6.45, 7) is 11.5. The van der Waals surface area contributed by atoms with Gasteiger partial charge in [0.2, 0.25) is 0 Å². The van der Waals surface area contributed by atoms with Crippen LogP contribution in [0, 0.1) is 13.8 Å². The number of piperazine rings is 1. The average molecular weight is 495 g/mol. The minimum Gasteiger partial charge on any atom is -0.496 e. The van der Waals surface area contributed by atoms with Crippen LogP contribution in [0.2, 0.25) is 0 Å². The molecule has 0 aromatic heterocycles. The number of ether oxygens (including phenoxy) is 2. The number of halogens is 3. The molecular weight excluding hydrogens is 461 g/mol. The Balaban J connectivity index is 1.59. The summed E-state index contributed by atoms with van der Waals surface area (Å²) in [6.07, 6.45) is -4.44. The number of benzene rings is 2. The number of nitrogens with zero attached hydrogens (tertiary/aromatic N) is 2. The van der Waals surface area contributed by atoms with E-state index in [-0.39, 0.29) is 5.75 Å². The summed E-state index contributed by atoms with van der Waals surface area (Å²) >= 11 is 0. The SMILES string of the molecule is COc1cc(CN2CCN(Cc3cc(C)c(OC(C)(C)C(=O)O)c(C)c3)CC2)ccc1C(F)(F)F. The monoisotopic (exact) mass is 494 g/mol. The zero-order valence-electron chi connectivity index (χ0n) is 20.8. The lowest BCUT2D eigenvalue weighted by atomic mass is 10.0. The summed E-state index contributed by atoms with van der Waals surface area (Å²) in [4.78, 5) is 16.0. The molecule has 1 N–H and O–H groups in total. The Morgan fingerprint density at radius 3 is 1.91 bits per heavy atom. The minimum atomic E-state index is -4.44. The van der Waals surface area contributed by atoms with Gasteiger partial charge in [-0.1, -0.05) is 18.2 Å². The van der Waals surface area contributed by atoms with E-state index >= 15 is 0 Å². The summed E-state index contributed by atoms with van der Waals surface area (Å²) in [7, 11) is 1.25. The first kappa shape index (κ1) is 26.8. The molecule has 0 aliphatic carbocycles. The molecule has 1 heterocycles. The molecule has 0 atom stereocenters. The number of methoxy groups -OCH3 is 1. The number of alkyl halides is 3. The molecule has 1 fully saturated rings. The van der Waals surface area contributed by atoms with E-state index in [2.05, 4.69) is 9.80 Å². The van der Waals surface area contributed by atoms with Crippen molar-refractivity contribution in [3.05, 3.63) is 58.1 Å². The van der Waals surface area contributed by atoms with E-state index in [0.717, 1.165) is 61.0 Å². The number of rotatable bonds is 8. The number of aryl methyl sites for hydroxylation is 2. The molecule has 0 radical (unpaired) electrons. The third-order valence-corrected chi connectivity index (χ3v) is 6.24. The van der Waals surface area contributed by atoms with Gasteiger partial charge in [0.25, 0.3) is 0 Å². The average Bonchev–Trinajstić information content (AvgIpc) is 2.76. The van der Waals surface area contributed by atoms with Gasteiger partial charge in [0.15, 0.2) is 5.60 Å². The fourth-order valence-corrected chi connectivity index (χ4v) is 4.28. The van der Waals surface area contributed by atoms with Gasteiger partial charge in [0.05, 0.1) is 12.7 Å².